The summed E-state index contributed by atoms with van der Waals surface area (Å²) in [5, 5.41) is 21.9. The summed E-state index contributed by atoms with van der Waals surface area (Å²) in [6.45, 7) is 5.14. The van der Waals surface area contributed by atoms with E-state index in [4.69, 9.17) is 4.74 Å². The van der Waals surface area contributed by atoms with Crippen LogP contribution in [0.5, 0.6) is 0 Å². The monoisotopic (exact) mass is 529 g/mol. The van der Waals surface area contributed by atoms with Gasteiger partial charge in [-0.3, -0.25) is 14.5 Å². The van der Waals surface area contributed by atoms with Gasteiger partial charge in [-0.1, -0.05) is 44.3 Å². The first-order valence-electron chi connectivity index (χ1n) is 10.00. The van der Waals surface area contributed by atoms with E-state index in [9.17, 15) is 18.0 Å². The van der Waals surface area contributed by atoms with Crippen LogP contribution in [0.2, 0.25) is 0 Å². The SMILES string of the molecule is COC1C(=O)N2C(C(=O)C(C)(C)C)=C(CSc3nnnn3C)C(Sc3nnnn3C)S(=O)(=O)C12. The number of rotatable bonds is 7. The zero-order chi connectivity index (χ0) is 25.0. The highest BCUT2D eigenvalue weighted by Gasteiger charge is 2.64. The Labute approximate surface area is 203 Å². The first kappa shape index (κ1) is 24.7. The van der Waals surface area contributed by atoms with Crippen LogP contribution in [0.25, 0.3) is 0 Å². The Kier molecular flexibility index (Phi) is 6.32. The maximum atomic E-state index is 13.8. The first-order valence-corrected chi connectivity index (χ1v) is 13.5. The number of fused-ring (bicyclic) bond motifs is 1. The molecule has 2 aliphatic rings. The highest BCUT2D eigenvalue weighted by Crippen LogP contribution is 2.48. The largest absolute Gasteiger partial charge is 0.368 e. The molecule has 3 unspecified atom stereocenters. The minimum atomic E-state index is -4.06. The van der Waals surface area contributed by atoms with Crippen molar-refractivity contribution in [2.75, 3.05) is 12.9 Å². The summed E-state index contributed by atoms with van der Waals surface area (Å²) in [6, 6.07) is 0. The van der Waals surface area contributed by atoms with E-state index in [1.54, 1.807) is 34.9 Å². The van der Waals surface area contributed by atoms with Crippen LogP contribution in [0.15, 0.2) is 21.6 Å². The molecule has 1 amide bonds. The molecule has 0 spiro atoms. The fourth-order valence-corrected chi connectivity index (χ4v) is 8.56. The minimum absolute atomic E-state index is 0.0433. The van der Waals surface area contributed by atoms with Crippen LogP contribution in [-0.2, 0) is 38.3 Å². The van der Waals surface area contributed by atoms with Crippen molar-refractivity contribution >= 4 is 45.1 Å². The predicted octanol–water partition coefficient (Wildman–Crippen LogP) is -0.575. The average Bonchev–Trinajstić information content (AvgIpc) is 3.35. The Morgan fingerprint density at radius 2 is 1.68 bits per heavy atom. The number of aryl methyl sites for hydroxylation is 2. The number of ether oxygens (including phenoxy) is 1. The molecule has 1 saturated heterocycles. The van der Waals surface area contributed by atoms with Crippen molar-refractivity contribution in [1.82, 2.24) is 45.3 Å². The van der Waals surface area contributed by atoms with Gasteiger partial charge in [-0.05, 0) is 26.4 Å². The van der Waals surface area contributed by atoms with Gasteiger partial charge in [0.2, 0.25) is 10.3 Å². The van der Waals surface area contributed by atoms with Crippen molar-refractivity contribution in [1.29, 1.82) is 0 Å². The molecule has 4 heterocycles. The van der Waals surface area contributed by atoms with Crippen LogP contribution in [0.1, 0.15) is 20.8 Å². The van der Waals surface area contributed by atoms with E-state index in [0.29, 0.717) is 5.16 Å². The molecule has 0 saturated carbocycles. The van der Waals surface area contributed by atoms with Crippen LogP contribution < -0.4 is 0 Å². The number of aromatic nitrogens is 8. The Morgan fingerprint density at radius 1 is 1.09 bits per heavy atom. The number of sulfone groups is 1. The fraction of sp³-hybridized carbons (Fsp3) is 0.647. The van der Waals surface area contributed by atoms with Gasteiger partial charge in [0.25, 0.3) is 5.91 Å². The molecule has 34 heavy (non-hydrogen) atoms. The Hall–Kier alpha value is -2.37. The number of allylic oxidation sites excluding steroid dienone is 1. The number of thioether (sulfide) groups is 2. The minimum Gasteiger partial charge on any atom is -0.368 e. The predicted molar refractivity (Wildman–Crippen MR) is 120 cm³/mol. The topological polar surface area (TPSA) is 168 Å². The Morgan fingerprint density at radius 3 is 2.18 bits per heavy atom. The summed E-state index contributed by atoms with van der Waals surface area (Å²) in [5.74, 6) is -0.888. The maximum absolute atomic E-state index is 13.8. The van der Waals surface area contributed by atoms with E-state index < -0.39 is 37.2 Å². The molecule has 3 atom stereocenters. The number of tetrazole rings is 2. The van der Waals surface area contributed by atoms with Crippen molar-refractivity contribution in [2.45, 2.75) is 47.1 Å². The quantitative estimate of drug-likeness (QED) is 0.330. The number of β-lactam (4-membered cyclic amide) rings is 1. The second kappa shape index (κ2) is 8.69. The molecule has 0 radical (unpaired) electrons. The fourth-order valence-electron chi connectivity index (χ4n) is 3.59. The number of ketones is 1. The van der Waals surface area contributed by atoms with Crippen LogP contribution in [-0.4, -0.2) is 94.3 Å². The smallest absolute Gasteiger partial charge is 0.260 e. The van der Waals surface area contributed by atoms with Crippen LogP contribution in [0.4, 0.5) is 0 Å². The lowest BCUT2D eigenvalue weighted by Crippen LogP contribution is -2.72. The molecule has 2 aromatic rings. The van der Waals surface area contributed by atoms with Crippen molar-refractivity contribution < 1.29 is 22.7 Å². The average molecular weight is 530 g/mol. The standard InChI is InChI=1S/C17H23N9O5S3/c1-17(2,3)11(27)9-8(7-32-15-18-20-22-24(15)4)14(33-16-19-21-23-25(16)5)34(29,30)13-10(31-6)12(28)26(9)13/h10,13-14H,7H2,1-6H3. The summed E-state index contributed by atoms with van der Waals surface area (Å²) in [6.07, 6.45) is -1.20. The van der Waals surface area contributed by atoms with E-state index in [-0.39, 0.29) is 28.0 Å². The van der Waals surface area contributed by atoms with Crippen molar-refractivity contribution in [3.05, 3.63) is 11.3 Å². The van der Waals surface area contributed by atoms with Gasteiger partial charge in [-0.25, -0.2) is 17.8 Å². The van der Waals surface area contributed by atoms with Crippen molar-refractivity contribution in [2.24, 2.45) is 19.5 Å². The number of carbonyl (C=O) groups excluding carboxylic acids is 2. The molecular formula is C17H23N9O5S3. The lowest BCUT2D eigenvalue weighted by atomic mass is 9.86. The first-order chi connectivity index (χ1) is 15.9. The van der Waals surface area contributed by atoms with Gasteiger partial charge < -0.3 is 4.74 Å². The molecule has 1 fully saturated rings. The zero-order valence-electron chi connectivity index (χ0n) is 19.2. The van der Waals surface area contributed by atoms with Gasteiger partial charge in [0, 0.05) is 32.4 Å². The van der Waals surface area contributed by atoms with Gasteiger partial charge in [0.1, 0.15) is 4.58 Å². The molecular weight excluding hydrogens is 506 g/mol. The Bertz CT molecular complexity index is 1280. The molecule has 0 N–H and O–H groups in total. The molecule has 0 aromatic carbocycles. The van der Waals surface area contributed by atoms with E-state index in [1.165, 1.54) is 16.5 Å². The lowest BCUT2D eigenvalue weighted by Gasteiger charge is -2.51. The maximum Gasteiger partial charge on any atom is 0.260 e. The van der Waals surface area contributed by atoms with Crippen LogP contribution in [0, 0.1) is 5.41 Å². The normalized spacial score (nSPS) is 24.2. The second-order valence-corrected chi connectivity index (χ2v) is 13.2. The molecule has 0 bridgehead atoms. The van der Waals surface area contributed by atoms with E-state index in [0.717, 1.165) is 28.4 Å². The molecule has 2 aromatic heterocycles. The summed E-state index contributed by atoms with van der Waals surface area (Å²) in [5.41, 5.74) is -0.579. The molecule has 14 nitrogen and oxygen atoms in total. The van der Waals surface area contributed by atoms with Gasteiger partial charge >= 0.3 is 0 Å². The van der Waals surface area contributed by atoms with E-state index in [1.807, 2.05) is 0 Å². The molecule has 0 aliphatic carbocycles. The highest BCUT2D eigenvalue weighted by molar-refractivity contribution is 8.14. The summed E-state index contributed by atoms with van der Waals surface area (Å²) in [4.78, 5) is 27.6. The summed E-state index contributed by atoms with van der Waals surface area (Å²) in [7, 11) is 0.435. The van der Waals surface area contributed by atoms with Crippen LogP contribution in [0.3, 0.4) is 0 Å². The summed E-state index contributed by atoms with van der Waals surface area (Å²) >= 11 is 2.06. The third-order valence-electron chi connectivity index (χ3n) is 5.34. The molecule has 4 rings (SSSR count). The van der Waals surface area contributed by atoms with Gasteiger partial charge in [0.05, 0.1) is 5.70 Å². The number of methoxy groups -OCH3 is 1. The number of Topliss-reactive ketones (excluding diaryl/α,β-unsaturated/α-hetero) is 1. The molecule has 184 valence electrons. The van der Waals surface area contributed by atoms with E-state index >= 15 is 0 Å². The van der Waals surface area contributed by atoms with E-state index in [2.05, 4.69) is 31.1 Å². The molecule has 17 heteroatoms. The third-order valence-corrected chi connectivity index (χ3v) is 10.6. The van der Waals surface area contributed by atoms with Gasteiger partial charge in [-0.2, -0.15) is 0 Å². The van der Waals surface area contributed by atoms with Gasteiger partial charge in [-0.15, -0.1) is 10.2 Å². The van der Waals surface area contributed by atoms with Crippen molar-refractivity contribution in [3.63, 3.8) is 0 Å². The molecule has 2 aliphatic heterocycles. The number of hydrogen-bond donors (Lipinski definition) is 0. The number of nitrogens with zero attached hydrogens (tertiary/aromatic N) is 9. The van der Waals surface area contributed by atoms with Crippen LogP contribution >= 0.6 is 23.5 Å². The summed E-state index contributed by atoms with van der Waals surface area (Å²) < 4.78 is 34.4. The van der Waals surface area contributed by atoms with Crippen molar-refractivity contribution in [3.8, 4) is 0 Å². The number of carbonyl (C=O) groups is 2. The Balaban J connectivity index is 1.90. The zero-order valence-corrected chi connectivity index (χ0v) is 21.7. The second-order valence-electron chi connectivity index (χ2n) is 8.71. The number of amides is 1. The number of hydrogen-bond acceptors (Lipinski definition) is 13. The lowest BCUT2D eigenvalue weighted by molar-refractivity contribution is -0.161. The van der Waals surface area contributed by atoms with Gasteiger partial charge in [0.15, 0.2) is 27.1 Å². The highest BCUT2D eigenvalue weighted by atomic mass is 32.3. The third kappa shape index (κ3) is 3.93.